The number of hydrogen-bond acceptors (Lipinski definition) is 7. The molecule has 0 saturated carbocycles. The van der Waals surface area contributed by atoms with Crippen molar-refractivity contribution in [1.82, 2.24) is 15.2 Å². The smallest absolute Gasteiger partial charge is 0.208 e. The molecule has 0 saturated heterocycles. The van der Waals surface area contributed by atoms with Gasteiger partial charge in [0.25, 0.3) is 0 Å². The van der Waals surface area contributed by atoms with Gasteiger partial charge in [-0.2, -0.15) is 0 Å². The van der Waals surface area contributed by atoms with Crippen LogP contribution in [0.15, 0.2) is 27.6 Å². The van der Waals surface area contributed by atoms with E-state index in [0.29, 0.717) is 6.54 Å². The maximum absolute atomic E-state index is 5.64. The van der Waals surface area contributed by atoms with Gasteiger partial charge < -0.3 is 10.6 Å². The highest BCUT2D eigenvalue weighted by Crippen LogP contribution is 2.33. The first kappa shape index (κ1) is 12.3. The van der Waals surface area contributed by atoms with Gasteiger partial charge in [-0.3, -0.25) is 4.98 Å². The highest BCUT2D eigenvalue weighted by molar-refractivity contribution is 8.01. The lowest BCUT2D eigenvalue weighted by atomic mass is 10.3. The molecule has 90 valence electrons. The van der Waals surface area contributed by atoms with Gasteiger partial charge in [-0.25, -0.2) is 0 Å². The minimum atomic E-state index is 0.433. The highest BCUT2D eigenvalue weighted by atomic mass is 32.2. The van der Waals surface area contributed by atoms with Crippen LogP contribution in [0.1, 0.15) is 5.69 Å². The molecule has 0 aliphatic heterocycles. The molecule has 0 amide bonds. The number of nitrogens with zero attached hydrogens (tertiary/aromatic N) is 4. The van der Waals surface area contributed by atoms with Crippen molar-refractivity contribution in [3.63, 3.8) is 0 Å². The van der Waals surface area contributed by atoms with E-state index in [1.807, 2.05) is 31.1 Å². The Labute approximate surface area is 108 Å². The number of aromatic nitrogens is 3. The lowest BCUT2D eigenvalue weighted by molar-refractivity contribution is 0.939. The Morgan fingerprint density at radius 3 is 2.88 bits per heavy atom. The van der Waals surface area contributed by atoms with Gasteiger partial charge in [0.2, 0.25) is 5.13 Å². The third-order valence-corrected chi connectivity index (χ3v) is 4.25. The maximum Gasteiger partial charge on any atom is 0.208 e. The molecule has 5 nitrogen and oxygen atoms in total. The first-order chi connectivity index (χ1) is 8.20. The van der Waals surface area contributed by atoms with Crippen LogP contribution >= 0.6 is 23.1 Å². The Balaban J connectivity index is 2.19. The molecule has 7 heteroatoms. The summed E-state index contributed by atoms with van der Waals surface area (Å²) >= 11 is 3.11. The fourth-order valence-corrected chi connectivity index (χ4v) is 3.02. The predicted molar refractivity (Wildman–Crippen MR) is 70.5 cm³/mol. The van der Waals surface area contributed by atoms with E-state index in [1.54, 1.807) is 29.3 Å². The van der Waals surface area contributed by atoms with Crippen molar-refractivity contribution in [2.45, 2.75) is 15.8 Å². The molecule has 0 spiro atoms. The molecule has 0 unspecified atom stereocenters. The summed E-state index contributed by atoms with van der Waals surface area (Å²) in [6.45, 7) is 0.433. The van der Waals surface area contributed by atoms with Gasteiger partial charge in [-0.1, -0.05) is 23.1 Å². The van der Waals surface area contributed by atoms with Crippen LogP contribution < -0.4 is 10.6 Å². The van der Waals surface area contributed by atoms with Crippen LogP contribution in [0.2, 0.25) is 0 Å². The minimum Gasteiger partial charge on any atom is -0.353 e. The van der Waals surface area contributed by atoms with Crippen molar-refractivity contribution >= 4 is 28.2 Å². The van der Waals surface area contributed by atoms with Crippen LogP contribution in [0.4, 0.5) is 5.13 Å². The Morgan fingerprint density at radius 2 is 2.24 bits per heavy atom. The van der Waals surface area contributed by atoms with Crippen LogP contribution in [-0.4, -0.2) is 29.3 Å². The largest absolute Gasteiger partial charge is 0.353 e. The first-order valence-electron chi connectivity index (χ1n) is 5.03. The first-order valence-corrected chi connectivity index (χ1v) is 6.66. The standard InChI is InChI=1S/C10H13N5S2/c1-15(2)9-13-14-10(17-9)16-8-4-3-5-12-7(8)6-11/h3-5H,6,11H2,1-2H3. The number of nitrogens with two attached hydrogens (primary N) is 1. The molecule has 0 fully saturated rings. The molecule has 0 radical (unpaired) electrons. The predicted octanol–water partition coefficient (Wildman–Crippen LogP) is 1.61. The zero-order valence-corrected chi connectivity index (χ0v) is 11.3. The average molecular weight is 267 g/mol. The summed E-state index contributed by atoms with van der Waals surface area (Å²) in [5.74, 6) is 0. The van der Waals surface area contributed by atoms with Crippen LogP contribution in [-0.2, 0) is 6.54 Å². The zero-order valence-electron chi connectivity index (χ0n) is 9.62. The van der Waals surface area contributed by atoms with Crippen molar-refractivity contribution in [3.8, 4) is 0 Å². The minimum absolute atomic E-state index is 0.433. The monoisotopic (exact) mass is 267 g/mol. The van der Waals surface area contributed by atoms with Gasteiger partial charge in [0.05, 0.1) is 5.69 Å². The van der Waals surface area contributed by atoms with Crippen molar-refractivity contribution < 1.29 is 0 Å². The van der Waals surface area contributed by atoms with E-state index < -0.39 is 0 Å². The molecule has 2 aromatic rings. The van der Waals surface area contributed by atoms with Crippen molar-refractivity contribution in [2.75, 3.05) is 19.0 Å². The molecule has 0 aliphatic carbocycles. The average Bonchev–Trinajstić information content (AvgIpc) is 2.78. The van der Waals surface area contributed by atoms with E-state index >= 15 is 0 Å². The summed E-state index contributed by atoms with van der Waals surface area (Å²) in [7, 11) is 3.90. The normalized spacial score (nSPS) is 10.5. The number of rotatable bonds is 4. The third-order valence-electron chi connectivity index (χ3n) is 2.02. The Kier molecular flexibility index (Phi) is 3.93. The molecule has 2 N–H and O–H groups in total. The fraction of sp³-hybridized carbons (Fsp3) is 0.300. The maximum atomic E-state index is 5.64. The number of hydrogen-bond donors (Lipinski definition) is 1. The lowest BCUT2D eigenvalue weighted by Crippen LogP contribution is -2.07. The second kappa shape index (κ2) is 5.44. The van der Waals surface area contributed by atoms with E-state index in [2.05, 4.69) is 15.2 Å². The molecule has 2 aromatic heterocycles. The SMILES string of the molecule is CN(C)c1nnc(Sc2cccnc2CN)s1. The molecular formula is C10H13N5S2. The summed E-state index contributed by atoms with van der Waals surface area (Å²) < 4.78 is 0.899. The molecule has 2 rings (SSSR count). The van der Waals surface area contributed by atoms with Gasteiger partial charge in [-0.05, 0) is 12.1 Å². The van der Waals surface area contributed by atoms with Crippen LogP contribution in [0.25, 0.3) is 0 Å². The molecule has 0 atom stereocenters. The summed E-state index contributed by atoms with van der Waals surface area (Å²) in [6, 6.07) is 3.89. The number of anilines is 1. The molecular weight excluding hydrogens is 254 g/mol. The van der Waals surface area contributed by atoms with Gasteiger partial charge >= 0.3 is 0 Å². The van der Waals surface area contributed by atoms with Crippen molar-refractivity contribution in [2.24, 2.45) is 5.73 Å². The highest BCUT2D eigenvalue weighted by Gasteiger charge is 2.09. The zero-order chi connectivity index (χ0) is 12.3. The molecule has 0 aromatic carbocycles. The van der Waals surface area contributed by atoms with Gasteiger partial charge in [0, 0.05) is 31.7 Å². The second-order valence-electron chi connectivity index (χ2n) is 3.50. The molecule has 0 bridgehead atoms. The van der Waals surface area contributed by atoms with Crippen LogP contribution in [0.5, 0.6) is 0 Å². The summed E-state index contributed by atoms with van der Waals surface area (Å²) in [5, 5.41) is 9.11. The summed E-state index contributed by atoms with van der Waals surface area (Å²) in [4.78, 5) is 7.21. The number of pyridine rings is 1. The third kappa shape index (κ3) is 2.93. The summed E-state index contributed by atoms with van der Waals surface area (Å²) in [5.41, 5.74) is 6.53. The second-order valence-corrected chi connectivity index (χ2v) is 5.74. The van der Waals surface area contributed by atoms with E-state index in [-0.39, 0.29) is 0 Å². The Hall–Kier alpha value is -1.18. The van der Waals surface area contributed by atoms with E-state index in [4.69, 9.17) is 5.73 Å². The van der Waals surface area contributed by atoms with Gasteiger partial charge in [0.15, 0.2) is 4.34 Å². The Morgan fingerprint density at radius 1 is 1.41 bits per heavy atom. The summed E-state index contributed by atoms with van der Waals surface area (Å²) in [6.07, 6.45) is 1.75. The fourth-order valence-electron chi connectivity index (χ4n) is 1.19. The van der Waals surface area contributed by atoms with E-state index in [1.165, 1.54) is 0 Å². The topological polar surface area (TPSA) is 67.9 Å². The molecule has 2 heterocycles. The quantitative estimate of drug-likeness (QED) is 0.907. The van der Waals surface area contributed by atoms with Crippen LogP contribution in [0.3, 0.4) is 0 Å². The van der Waals surface area contributed by atoms with Gasteiger partial charge in [0.1, 0.15) is 0 Å². The van der Waals surface area contributed by atoms with Gasteiger partial charge in [-0.15, -0.1) is 10.2 Å². The van der Waals surface area contributed by atoms with Crippen molar-refractivity contribution in [1.29, 1.82) is 0 Å². The molecule has 17 heavy (non-hydrogen) atoms. The van der Waals surface area contributed by atoms with E-state index in [9.17, 15) is 0 Å². The Bertz CT molecular complexity index is 497. The van der Waals surface area contributed by atoms with E-state index in [0.717, 1.165) is 20.1 Å². The lowest BCUT2D eigenvalue weighted by Gasteiger charge is -2.04. The van der Waals surface area contributed by atoms with Crippen LogP contribution in [0, 0.1) is 0 Å². The van der Waals surface area contributed by atoms with Crippen molar-refractivity contribution in [3.05, 3.63) is 24.0 Å². The molecule has 0 aliphatic rings.